The zero-order valence-electron chi connectivity index (χ0n) is 10.2. The van der Waals surface area contributed by atoms with Gasteiger partial charge in [-0.05, 0) is 25.1 Å². The Morgan fingerprint density at radius 2 is 1.89 bits per heavy atom. The molecule has 0 heterocycles. The van der Waals surface area contributed by atoms with Crippen LogP contribution in [0.1, 0.15) is 22.8 Å². The van der Waals surface area contributed by atoms with Crippen molar-refractivity contribution in [2.75, 3.05) is 13.7 Å². The Bertz CT molecular complexity index is 494. The van der Waals surface area contributed by atoms with Crippen LogP contribution in [0.5, 0.6) is 5.75 Å². The van der Waals surface area contributed by atoms with Crippen molar-refractivity contribution in [2.45, 2.75) is 13.1 Å². The lowest BCUT2D eigenvalue weighted by Gasteiger charge is -2.12. The van der Waals surface area contributed by atoms with Gasteiger partial charge in [0.1, 0.15) is 5.75 Å². The summed E-state index contributed by atoms with van der Waals surface area (Å²) in [6, 6.07) is 2.63. The maximum absolute atomic E-state index is 12.7. The first-order valence-electron chi connectivity index (χ1n) is 5.28. The second-order valence-electron chi connectivity index (χ2n) is 3.46. The first kappa shape index (κ1) is 15.0. The fourth-order valence-electron chi connectivity index (χ4n) is 1.39. The first-order chi connectivity index (χ1) is 8.81. The fourth-order valence-corrected chi connectivity index (χ4v) is 1.39. The van der Waals surface area contributed by atoms with Crippen LogP contribution in [0.3, 0.4) is 0 Å². The Kier molecular flexibility index (Phi) is 4.52. The van der Waals surface area contributed by atoms with Gasteiger partial charge < -0.3 is 9.47 Å². The third-order valence-electron chi connectivity index (χ3n) is 2.23. The number of ether oxygens (including phenoxy) is 2. The van der Waals surface area contributed by atoms with Crippen LogP contribution in [0.2, 0.25) is 0 Å². The van der Waals surface area contributed by atoms with Gasteiger partial charge in [0.25, 0.3) is 5.78 Å². The number of ketones is 1. The average Bonchev–Trinajstić information content (AvgIpc) is 2.36. The van der Waals surface area contributed by atoms with Gasteiger partial charge in [0, 0.05) is 5.56 Å². The zero-order valence-corrected chi connectivity index (χ0v) is 10.2. The minimum atomic E-state index is -4.68. The molecule has 4 nitrogen and oxygen atoms in total. The van der Waals surface area contributed by atoms with Crippen LogP contribution in [0.15, 0.2) is 18.2 Å². The molecule has 0 aromatic heterocycles. The standard InChI is InChI=1S/C12H11F3O4/c1-3-19-11(17)10(16)7-4-5-9(18-2)8(6-7)12(13,14)15/h4-6H,3H2,1-2H3. The molecule has 0 N–H and O–H groups in total. The summed E-state index contributed by atoms with van der Waals surface area (Å²) >= 11 is 0. The van der Waals surface area contributed by atoms with Gasteiger partial charge in [-0.15, -0.1) is 0 Å². The number of methoxy groups -OCH3 is 1. The molecular formula is C12H11F3O4. The highest BCUT2D eigenvalue weighted by molar-refractivity contribution is 6.40. The summed E-state index contributed by atoms with van der Waals surface area (Å²) in [4.78, 5) is 22.7. The summed E-state index contributed by atoms with van der Waals surface area (Å²) in [5.74, 6) is -2.75. The number of rotatable bonds is 4. The van der Waals surface area contributed by atoms with Crippen molar-refractivity contribution in [3.8, 4) is 5.75 Å². The zero-order chi connectivity index (χ0) is 14.6. The number of hydrogen-bond acceptors (Lipinski definition) is 4. The average molecular weight is 276 g/mol. The van der Waals surface area contributed by atoms with Crippen molar-refractivity contribution in [1.82, 2.24) is 0 Å². The van der Waals surface area contributed by atoms with Crippen molar-refractivity contribution in [1.29, 1.82) is 0 Å². The molecule has 104 valence electrons. The Morgan fingerprint density at radius 1 is 1.26 bits per heavy atom. The molecule has 0 atom stereocenters. The summed E-state index contributed by atoms with van der Waals surface area (Å²) in [5, 5.41) is 0. The van der Waals surface area contributed by atoms with Crippen molar-refractivity contribution in [3.05, 3.63) is 29.3 Å². The largest absolute Gasteiger partial charge is 0.496 e. The Hall–Kier alpha value is -2.05. The van der Waals surface area contributed by atoms with E-state index in [1.165, 1.54) is 6.92 Å². The summed E-state index contributed by atoms with van der Waals surface area (Å²) in [7, 11) is 1.08. The third kappa shape index (κ3) is 3.46. The molecule has 0 radical (unpaired) electrons. The fraction of sp³-hybridized carbons (Fsp3) is 0.333. The van der Waals surface area contributed by atoms with E-state index >= 15 is 0 Å². The molecule has 0 spiro atoms. The number of esters is 1. The summed E-state index contributed by atoms with van der Waals surface area (Å²) in [5.41, 5.74) is -1.52. The van der Waals surface area contributed by atoms with Gasteiger partial charge in [0.05, 0.1) is 19.3 Å². The maximum atomic E-state index is 12.7. The molecule has 1 aromatic rings. The van der Waals surface area contributed by atoms with Gasteiger partial charge >= 0.3 is 12.1 Å². The van der Waals surface area contributed by atoms with Crippen molar-refractivity contribution in [3.63, 3.8) is 0 Å². The van der Waals surface area contributed by atoms with Gasteiger partial charge in [0.15, 0.2) is 0 Å². The van der Waals surface area contributed by atoms with Gasteiger partial charge in [-0.25, -0.2) is 4.79 Å². The van der Waals surface area contributed by atoms with E-state index in [4.69, 9.17) is 0 Å². The van der Waals surface area contributed by atoms with Crippen LogP contribution in [0.4, 0.5) is 13.2 Å². The molecule has 1 aromatic carbocycles. The van der Waals surface area contributed by atoms with E-state index in [1.807, 2.05) is 0 Å². The lowest BCUT2D eigenvalue weighted by Crippen LogP contribution is -2.18. The second kappa shape index (κ2) is 5.73. The second-order valence-corrected chi connectivity index (χ2v) is 3.46. The predicted molar refractivity (Wildman–Crippen MR) is 59.0 cm³/mol. The minimum absolute atomic E-state index is 0.0349. The molecule has 0 aliphatic heterocycles. The maximum Gasteiger partial charge on any atom is 0.419 e. The molecule has 0 fully saturated rings. The molecule has 0 amide bonds. The van der Waals surface area contributed by atoms with E-state index in [9.17, 15) is 22.8 Å². The first-order valence-corrected chi connectivity index (χ1v) is 5.28. The Morgan fingerprint density at radius 3 is 2.37 bits per heavy atom. The summed E-state index contributed by atoms with van der Waals surface area (Å²) in [6.45, 7) is 1.45. The lowest BCUT2D eigenvalue weighted by atomic mass is 10.1. The number of Topliss-reactive ketones (excluding diaryl/α,β-unsaturated/α-hetero) is 1. The van der Waals surface area contributed by atoms with Crippen molar-refractivity contribution in [2.24, 2.45) is 0 Å². The third-order valence-corrected chi connectivity index (χ3v) is 2.23. The highest BCUT2D eigenvalue weighted by Crippen LogP contribution is 2.36. The summed E-state index contributed by atoms with van der Waals surface area (Å²) in [6.07, 6.45) is -4.68. The molecule has 0 bridgehead atoms. The number of hydrogen-bond donors (Lipinski definition) is 0. The number of halogens is 3. The molecule has 1 rings (SSSR count). The number of benzene rings is 1. The summed E-state index contributed by atoms with van der Waals surface area (Å²) < 4.78 is 47.2. The quantitative estimate of drug-likeness (QED) is 0.481. The van der Waals surface area contributed by atoms with Crippen LogP contribution in [0, 0.1) is 0 Å². The van der Waals surface area contributed by atoms with Crippen molar-refractivity contribution >= 4 is 11.8 Å². The number of carbonyl (C=O) groups excluding carboxylic acids is 2. The molecule has 0 unspecified atom stereocenters. The monoisotopic (exact) mass is 276 g/mol. The van der Waals surface area contributed by atoms with E-state index in [0.29, 0.717) is 6.07 Å². The van der Waals surface area contributed by atoms with Crippen LogP contribution in [-0.4, -0.2) is 25.5 Å². The van der Waals surface area contributed by atoms with Gasteiger partial charge in [-0.1, -0.05) is 0 Å². The van der Waals surface area contributed by atoms with E-state index in [-0.39, 0.29) is 6.61 Å². The Balaban J connectivity index is 3.19. The van der Waals surface area contributed by atoms with Crippen molar-refractivity contribution < 1.29 is 32.2 Å². The smallest absolute Gasteiger partial charge is 0.419 e. The SMILES string of the molecule is CCOC(=O)C(=O)c1ccc(OC)c(C(F)(F)F)c1. The van der Waals surface area contributed by atoms with Gasteiger partial charge in [-0.2, -0.15) is 13.2 Å². The van der Waals surface area contributed by atoms with Crippen LogP contribution in [-0.2, 0) is 15.7 Å². The highest BCUT2D eigenvalue weighted by atomic mass is 19.4. The van der Waals surface area contributed by atoms with E-state index in [2.05, 4.69) is 9.47 Å². The molecule has 0 saturated carbocycles. The van der Waals surface area contributed by atoms with E-state index in [0.717, 1.165) is 19.2 Å². The van der Waals surface area contributed by atoms with E-state index < -0.39 is 34.8 Å². The normalized spacial score (nSPS) is 11.0. The van der Waals surface area contributed by atoms with E-state index in [1.54, 1.807) is 0 Å². The van der Waals surface area contributed by atoms with Gasteiger partial charge in [-0.3, -0.25) is 4.79 Å². The highest BCUT2D eigenvalue weighted by Gasteiger charge is 2.35. The minimum Gasteiger partial charge on any atom is -0.496 e. The van der Waals surface area contributed by atoms with Crippen LogP contribution < -0.4 is 4.74 Å². The Labute approximate surface area is 107 Å². The molecule has 0 saturated heterocycles. The van der Waals surface area contributed by atoms with Crippen LogP contribution >= 0.6 is 0 Å². The number of alkyl halides is 3. The number of carbonyl (C=O) groups is 2. The van der Waals surface area contributed by atoms with Gasteiger partial charge in [0.2, 0.25) is 0 Å². The lowest BCUT2D eigenvalue weighted by molar-refractivity contribution is -0.139. The molecular weight excluding hydrogens is 265 g/mol. The molecule has 7 heteroatoms. The topological polar surface area (TPSA) is 52.6 Å². The predicted octanol–water partition coefficient (Wildman–Crippen LogP) is 2.46. The molecule has 0 aliphatic carbocycles. The molecule has 0 aliphatic rings. The molecule has 19 heavy (non-hydrogen) atoms. The van der Waals surface area contributed by atoms with Crippen LogP contribution in [0.25, 0.3) is 0 Å².